The van der Waals surface area contributed by atoms with E-state index in [4.69, 9.17) is 0 Å². The summed E-state index contributed by atoms with van der Waals surface area (Å²) < 4.78 is 38.4. The first-order chi connectivity index (χ1) is 16.8. The third-order valence-electron chi connectivity index (χ3n) is 8.08. The Hall–Kier alpha value is -3.13. The Kier molecular flexibility index (Phi) is 5.07. The molecule has 6 nitrogen and oxygen atoms in total. The number of halogens is 1. The van der Waals surface area contributed by atoms with Gasteiger partial charge in [-0.15, -0.1) is 0 Å². The molecule has 2 aromatic carbocycles. The van der Waals surface area contributed by atoms with Crippen molar-refractivity contribution in [2.75, 3.05) is 24.2 Å². The first-order valence-electron chi connectivity index (χ1n) is 12.0. The second-order valence-corrected chi connectivity index (χ2v) is 12.1. The first-order valence-corrected chi connectivity index (χ1v) is 13.9. The van der Waals surface area contributed by atoms with Gasteiger partial charge in [0.05, 0.1) is 22.6 Å². The Balaban J connectivity index is 1.34. The van der Waals surface area contributed by atoms with E-state index < -0.39 is 15.3 Å². The SMILES string of the molecule is CS(=O)(=O)c1ccc2c(c1)CCN2C(=O)[C@@]12CCC(C1)C1=CC2C/N=N\C(c2ccccc2F)=C/1. The van der Waals surface area contributed by atoms with E-state index in [1.807, 2.05) is 11.0 Å². The fourth-order valence-electron chi connectivity index (χ4n) is 6.25. The number of sulfone groups is 1. The van der Waals surface area contributed by atoms with Gasteiger partial charge in [-0.2, -0.15) is 10.2 Å². The van der Waals surface area contributed by atoms with E-state index in [9.17, 15) is 17.6 Å². The fourth-order valence-corrected chi connectivity index (χ4v) is 6.92. The second-order valence-electron chi connectivity index (χ2n) is 10.1. The highest BCUT2D eigenvalue weighted by Crippen LogP contribution is 2.56. The van der Waals surface area contributed by atoms with Crippen LogP contribution in [0.15, 0.2) is 75.3 Å². The number of rotatable bonds is 3. The predicted octanol–water partition coefficient (Wildman–Crippen LogP) is 4.97. The summed E-state index contributed by atoms with van der Waals surface area (Å²) in [5, 5.41) is 8.79. The maximum atomic E-state index is 14.4. The molecule has 8 heteroatoms. The fraction of sp³-hybridized carbons (Fsp3) is 0.370. The molecule has 2 aromatic rings. The molecule has 35 heavy (non-hydrogen) atoms. The Labute approximate surface area is 204 Å². The van der Waals surface area contributed by atoms with Gasteiger partial charge in [-0.1, -0.05) is 18.2 Å². The van der Waals surface area contributed by atoms with Gasteiger partial charge in [-0.25, -0.2) is 12.8 Å². The molecule has 180 valence electrons. The van der Waals surface area contributed by atoms with Crippen LogP contribution < -0.4 is 4.90 Å². The smallest absolute Gasteiger partial charge is 0.233 e. The first kappa shape index (κ1) is 22.3. The van der Waals surface area contributed by atoms with Crippen LogP contribution in [-0.2, 0) is 21.1 Å². The molecular weight excluding hydrogens is 465 g/mol. The topological polar surface area (TPSA) is 79.2 Å². The molecule has 0 spiro atoms. The van der Waals surface area contributed by atoms with Gasteiger partial charge in [-0.05, 0) is 79.1 Å². The van der Waals surface area contributed by atoms with Crippen LogP contribution >= 0.6 is 0 Å². The summed E-state index contributed by atoms with van der Waals surface area (Å²) in [6.45, 7) is 0.928. The molecule has 3 atom stereocenters. The van der Waals surface area contributed by atoms with Gasteiger partial charge >= 0.3 is 0 Å². The highest BCUT2D eigenvalue weighted by atomic mass is 32.2. The summed E-state index contributed by atoms with van der Waals surface area (Å²) in [4.78, 5) is 16.2. The lowest BCUT2D eigenvalue weighted by molar-refractivity contribution is -0.130. The molecule has 1 amide bonds. The van der Waals surface area contributed by atoms with Crippen molar-refractivity contribution in [1.29, 1.82) is 0 Å². The van der Waals surface area contributed by atoms with Crippen molar-refractivity contribution in [2.24, 2.45) is 27.5 Å². The van der Waals surface area contributed by atoms with E-state index in [0.29, 0.717) is 30.8 Å². The van der Waals surface area contributed by atoms with Gasteiger partial charge < -0.3 is 4.90 Å². The highest BCUT2D eigenvalue weighted by Gasteiger charge is 2.55. The minimum absolute atomic E-state index is 0.0785. The molecule has 0 N–H and O–H groups in total. The molecule has 1 saturated carbocycles. The second kappa shape index (κ2) is 7.95. The standard InChI is InChI=1S/C27H26FN3O3S/c1-35(33,34)21-6-7-25-17(13-21)9-11-31(25)26(32)27-10-8-18(15-27)19-12-20(27)16-29-30-24(14-19)22-4-2-3-5-23(22)28/h2-7,12-14,18,20H,8-11,15-16H2,1H3/b24-14-,30-29-/t18?,20?,27-/m0/s1. The van der Waals surface area contributed by atoms with E-state index >= 15 is 0 Å². The number of azo groups is 1. The Morgan fingerprint density at radius 2 is 2.03 bits per heavy atom. The van der Waals surface area contributed by atoms with Gasteiger partial charge in [0.25, 0.3) is 0 Å². The van der Waals surface area contributed by atoms with Crippen LogP contribution in [0.1, 0.15) is 30.4 Å². The number of hydrogen-bond acceptors (Lipinski definition) is 5. The lowest BCUT2D eigenvalue weighted by Crippen LogP contribution is -2.48. The zero-order chi connectivity index (χ0) is 24.4. The number of fused-ring (bicyclic) bond motifs is 6. The summed E-state index contributed by atoms with van der Waals surface area (Å²) in [6, 6.07) is 11.6. The van der Waals surface area contributed by atoms with Gasteiger partial charge in [0.1, 0.15) is 5.82 Å². The average Bonchev–Trinajstić information content (AvgIpc) is 3.41. The van der Waals surface area contributed by atoms with Crippen molar-refractivity contribution in [3.63, 3.8) is 0 Å². The third-order valence-corrected chi connectivity index (χ3v) is 9.19. The van der Waals surface area contributed by atoms with E-state index in [0.717, 1.165) is 36.1 Å². The number of nitrogens with zero attached hydrogens (tertiary/aromatic N) is 3. The molecule has 0 aromatic heterocycles. The maximum absolute atomic E-state index is 14.4. The summed E-state index contributed by atoms with van der Waals surface area (Å²) in [5.74, 6) is -0.0839. The predicted molar refractivity (Wildman–Crippen MR) is 131 cm³/mol. The van der Waals surface area contributed by atoms with Crippen LogP contribution in [0.2, 0.25) is 0 Å². The molecule has 1 fully saturated rings. The quantitative estimate of drug-likeness (QED) is 0.608. The lowest BCUT2D eigenvalue weighted by atomic mass is 9.67. The molecular formula is C27H26FN3O3S. The van der Waals surface area contributed by atoms with Crippen molar-refractivity contribution < 1.29 is 17.6 Å². The van der Waals surface area contributed by atoms with E-state index in [2.05, 4.69) is 16.3 Å². The van der Waals surface area contributed by atoms with Crippen LogP contribution in [-0.4, -0.2) is 33.7 Å². The minimum atomic E-state index is -3.30. The number of carbonyl (C=O) groups excluding carboxylic acids is 1. The Morgan fingerprint density at radius 1 is 1.20 bits per heavy atom. The molecule has 0 radical (unpaired) electrons. The number of hydrogen-bond donors (Lipinski definition) is 0. The van der Waals surface area contributed by atoms with Crippen molar-refractivity contribution in [3.05, 3.63) is 77.1 Å². The van der Waals surface area contributed by atoms with E-state index in [1.54, 1.807) is 36.4 Å². The Bertz CT molecular complexity index is 1450. The number of benzene rings is 2. The van der Waals surface area contributed by atoms with Crippen molar-refractivity contribution in [1.82, 2.24) is 0 Å². The number of anilines is 1. The summed E-state index contributed by atoms with van der Waals surface area (Å²) in [5.41, 5.74) is 3.23. The molecule has 2 aliphatic heterocycles. The van der Waals surface area contributed by atoms with Gasteiger partial charge in [0, 0.05) is 30.0 Å². The largest absolute Gasteiger partial charge is 0.311 e. The Morgan fingerprint density at radius 3 is 2.83 bits per heavy atom. The summed E-state index contributed by atoms with van der Waals surface area (Å²) >= 11 is 0. The van der Waals surface area contributed by atoms with Crippen molar-refractivity contribution in [3.8, 4) is 0 Å². The maximum Gasteiger partial charge on any atom is 0.233 e. The monoisotopic (exact) mass is 491 g/mol. The zero-order valence-corrected chi connectivity index (χ0v) is 20.3. The summed E-state index contributed by atoms with van der Waals surface area (Å²) in [6.07, 6.45) is 8.36. The molecule has 2 unspecified atom stereocenters. The molecule has 4 aliphatic rings. The molecule has 2 heterocycles. The van der Waals surface area contributed by atoms with Crippen LogP contribution in [0.3, 0.4) is 0 Å². The van der Waals surface area contributed by atoms with E-state index in [-0.39, 0.29) is 28.5 Å². The molecule has 0 saturated heterocycles. The normalized spacial score (nSPS) is 29.5. The van der Waals surface area contributed by atoms with Crippen LogP contribution in [0.4, 0.5) is 10.1 Å². The van der Waals surface area contributed by atoms with Crippen molar-refractivity contribution in [2.45, 2.75) is 30.6 Å². The number of carbonyl (C=O) groups is 1. The summed E-state index contributed by atoms with van der Waals surface area (Å²) in [7, 11) is -3.30. The van der Waals surface area contributed by atoms with Gasteiger partial charge in [0.15, 0.2) is 9.84 Å². The van der Waals surface area contributed by atoms with Crippen LogP contribution in [0.5, 0.6) is 0 Å². The number of amides is 1. The van der Waals surface area contributed by atoms with Crippen molar-refractivity contribution >= 4 is 27.1 Å². The number of allylic oxidation sites excluding steroid dienone is 2. The molecule has 6 rings (SSSR count). The van der Waals surface area contributed by atoms with Crippen LogP contribution in [0.25, 0.3) is 5.70 Å². The zero-order valence-electron chi connectivity index (χ0n) is 19.4. The van der Waals surface area contributed by atoms with Gasteiger partial charge in [0.2, 0.25) is 5.91 Å². The average molecular weight is 492 g/mol. The van der Waals surface area contributed by atoms with Crippen LogP contribution in [0, 0.1) is 23.1 Å². The molecule has 4 bridgehead atoms. The minimum Gasteiger partial charge on any atom is -0.311 e. The molecule has 2 aliphatic carbocycles. The van der Waals surface area contributed by atoms with E-state index in [1.165, 1.54) is 12.3 Å². The highest BCUT2D eigenvalue weighted by molar-refractivity contribution is 7.90. The lowest BCUT2D eigenvalue weighted by Gasteiger charge is -2.40. The third kappa shape index (κ3) is 3.57. The van der Waals surface area contributed by atoms with Gasteiger partial charge in [-0.3, -0.25) is 4.79 Å².